The Hall–Kier alpha value is -1.63. The zero-order valence-corrected chi connectivity index (χ0v) is 9.11. The highest BCUT2D eigenvalue weighted by Gasteiger charge is 2.03. The van der Waals surface area contributed by atoms with Crippen LogP contribution in [-0.4, -0.2) is 28.6 Å². The number of carboxylic acid groups (broad SMARTS) is 1. The number of aromatic nitrogens is 1. The van der Waals surface area contributed by atoms with Gasteiger partial charge in [-0.1, -0.05) is 0 Å². The number of carbonyl (C=O) groups is 2. The molecule has 0 unspecified atom stereocenters. The van der Waals surface area contributed by atoms with E-state index in [9.17, 15) is 9.59 Å². The Balaban J connectivity index is 2.44. The number of hydrogen-bond donors (Lipinski definition) is 3. The molecule has 6 nitrogen and oxygen atoms in total. The van der Waals surface area contributed by atoms with Crippen LogP contribution < -0.4 is 10.6 Å². The number of hydrogen-bond acceptors (Lipinski definition) is 3. The largest absolute Gasteiger partial charge is 0.480 e. The molecule has 15 heavy (non-hydrogen) atoms. The number of nitrogens with zero attached hydrogens (tertiary/aromatic N) is 1. The van der Waals surface area contributed by atoms with Gasteiger partial charge in [-0.25, -0.2) is 9.78 Å². The van der Waals surface area contributed by atoms with Crippen molar-refractivity contribution in [2.24, 2.45) is 0 Å². The van der Waals surface area contributed by atoms with E-state index in [2.05, 4.69) is 31.5 Å². The predicted molar refractivity (Wildman–Crippen MR) is 56.6 cm³/mol. The third-order valence-corrected chi connectivity index (χ3v) is 1.84. The first-order valence-electron chi connectivity index (χ1n) is 3.96. The molecule has 0 saturated heterocycles. The number of anilines is 1. The summed E-state index contributed by atoms with van der Waals surface area (Å²) in [5, 5.41) is 12.8. The van der Waals surface area contributed by atoms with Crippen molar-refractivity contribution in [3.05, 3.63) is 22.8 Å². The number of rotatable bonds is 3. The molecule has 0 aliphatic rings. The zero-order valence-electron chi connectivity index (χ0n) is 7.53. The number of urea groups is 1. The fourth-order valence-electron chi connectivity index (χ4n) is 0.766. The molecule has 0 fully saturated rings. The van der Waals surface area contributed by atoms with Gasteiger partial charge in [0.2, 0.25) is 0 Å². The molecule has 0 spiro atoms. The van der Waals surface area contributed by atoms with Crippen molar-refractivity contribution in [1.29, 1.82) is 0 Å². The quantitative estimate of drug-likeness (QED) is 0.768. The predicted octanol–water partition coefficient (Wildman–Crippen LogP) is 1.05. The smallest absolute Gasteiger partial charge is 0.323 e. The Kier molecular flexibility index (Phi) is 4.04. The van der Waals surface area contributed by atoms with Gasteiger partial charge in [-0.05, 0) is 28.1 Å². The van der Waals surface area contributed by atoms with Crippen LogP contribution in [-0.2, 0) is 4.79 Å². The van der Waals surface area contributed by atoms with Crippen molar-refractivity contribution >= 4 is 33.7 Å². The van der Waals surface area contributed by atoms with Gasteiger partial charge >= 0.3 is 12.0 Å². The van der Waals surface area contributed by atoms with E-state index in [0.29, 0.717) is 5.82 Å². The highest BCUT2D eigenvalue weighted by molar-refractivity contribution is 9.10. The molecule has 0 saturated carbocycles. The second-order valence-corrected chi connectivity index (χ2v) is 3.48. The molecule has 1 aromatic heterocycles. The van der Waals surface area contributed by atoms with E-state index >= 15 is 0 Å². The highest BCUT2D eigenvalue weighted by Crippen LogP contribution is 2.09. The summed E-state index contributed by atoms with van der Waals surface area (Å²) in [5.74, 6) is -0.755. The normalized spacial score (nSPS) is 9.40. The Morgan fingerprint density at radius 1 is 1.47 bits per heavy atom. The first-order valence-corrected chi connectivity index (χ1v) is 4.75. The highest BCUT2D eigenvalue weighted by atomic mass is 79.9. The Morgan fingerprint density at radius 2 is 2.20 bits per heavy atom. The monoisotopic (exact) mass is 273 g/mol. The fraction of sp³-hybridized carbons (Fsp3) is 0.125. The summed E-state index contributed by atoms with van der Waals surface area (Å²) in [7, 11) is 0. The van der Waals surface area contributed by atoms with Gasteiger partial charge in [0.15, 0.2) is 0 Å². The number of pyridine rings is 1. The maximum atomic E-state index is 11.1. The van der Waals surface area contributed by atoms with Crippen LogP contribution in [0.5, 0.6) is 0 Å². The minimum atomic E-state index is -1.10. The molecule has 0 aromatic carbocycles. The molecule has 80 valence electrons. The molecule has 1 aromatic rings. The van der Waals surface area contributed by atoms with Crippen LogP contribution in [0.15, 0.2) is 22.8 Å². The number of amides is 2. The van der Waals surface area contributed by atoms with Crippen LogP contribution in [0.3, 0.4) is 0 Å². The van der Waals surface area contributed by atoms with Crippen LogP contribution in [0.25, 0.3) is 0 Å². The zero-order chi connectivity index (χ0) is 11.3. The SMILES string of the molecule is O=C(O)CNC(=O)Nc1ccc(Br)cn1. The van der Waals surface area contributed by atoms with Crippen LogP contribution >= 0.6 is 15.9 Å². The lowest BCUT2D eigenvalue weighted by Gasteiger charge is -2.04. The minimum Gasteiger partial charge on any atom is -0.480 e. The van der Waals surface area contributed by atoms with Crippen molar-refractivity contribution in [3.63, 3.8) is 0 Å². The Labute approximate surface area is 93.8 Å². The van der Waals surface area contributed by atoms with Crippen LogP contribution in [0.2, 0.25) is 0 Å². The third-order valence-electron chi connectivity index (χ3n) is 1.37. The third kappa shape index (κ3) is 4.41. The van der Waals surface area contributed by atoms with E-state index in [-0.39, 0.29) is 0 Å². The molecule has 0 bridgehead atoms. The van der Waals surface area contributed by atoms with E-state index in [1.807, 2.05) is 0 Å². The summed E-state index contributed by atoms with van der Waals surface area (Å²) >= 11 is 3.19. The summed E-state index contributed by atoms with van der Waals surface area (Å²) in [6.45, 7) is -0.428. The minimum absolute atomic E-state index is 0.348. The summed E-state index contributed by atoms with van der Waals surface area (Å²) < 4.78 is 0.791. The molecule has 0 aliphatic carbocycles. The van der Waals surface area contributed by atoms with E-state index in [1.165, 1.54) is 6.20 Å². The summed E-state index contributed by atoms with van der Waals surface area (Å²) in [5.41, 5.74) is 0. The molecule has 0 atom stereocenters. The first kappa shape index (κ1) is 11.4. The van der Waals surface area contributed by atoms with Gasteiger partial charge in [-0.3, -0.25) is 10.1 Å². The number of halogens is 1. The number of nitrogens with one attached hydrogen (secondary N) is 2. The van der Waals surface area contributed by atoms with E-state index in [4.69, 9.17) is 5.11 Å². The van der Waals surface area contributed by atoms with Crippen molar-refractivity contribution in [3.8, 4) is 0 Å². The van der Waals surface area contributed by atoms with Gasteiger partial charge in [0, 0.05) is 10.7 Å². The van der Waals surface area contributed by atoms with E-state index in [0.717, 1.165) is 4.47 Å². The standard InChI is InChI=1S/C8H8BrN3O3/c9-5-1-2-6(10-3-5)12-8(15)11-4-7(13)14/h1-3H,4H2,(H,13,14)(H2,10,11,12,15). The topological polar surface area (TPSA) is 91.3 Å². The van der Waals surface area contributed by atoms with E-state index in [1.54, 1.807) is 12.1 Å². The first-order chi connectivity index (χ1) is 7.08. The van der Waals surface area contributed by atoms with Crippen molar-refractivity contribution in [1.82, 2.24) is 10.3 Å². The molecule has 2 amide bonds. The Morgan fingerprint density at radius 3 is 2.73 bits per heavy atom. The second kappa shape index (κ2) is 5.30. The van der Waals surface area contributed by atoms with Gasteiger partial charge in [-0.2, -0.15) is 0 Å². The number of carboxylic acids is 1. The number of carbonyl (C=O) groups excluding carboxylic acids is 1. The van der Waals surface area contributed by atoms with Gasteiger partial charge in [0.05, 0.1) is 0 Å². The molecular weight excluding hydrogens is 266 g/mol. The van der Waals surface area contributed by atoms with Crippen LogP contribution in [0.4, 0.5) is 10.6 Å². The fourth-order valence-corrected chi connectivity index (χ4v) is 1.00. The molecule has 0 radical (unpaired) electrons. The molecular formula is C8H8BrN3O3. The van der Waals surface area contributed by atoms with Crippen molar-refractivity contribution in [2.75, 3.05) is 11.9 Å². The maximum absolute atomic E-state index is 11.1. The van der Waals surface area contributed by atoms with Gasteiger partial charge < -0.3 is 10.4 Å². The molecule has 3 N–H and O–H groups in total. The summed E-state index contributed by atoms with van der Waals surface area (Å²) in [6.07, 6.45) is 1.52. The molecule has 7 heteroatoms. The second-order valence-electron chi connectivity index (χ2n) is 2.56. The average molecular weight is 274 g/mol. The lowest BCUT2D eigenvalue weighted by atomic mass is 10.5. The lowest BCUT2D eigenvalue weighted by molar-refractivity contribution is -0.135. The lowest BCUT2D eigenvalue weighted by Crippen LogP contribution is -2.33. The summed E-state index contributed by atoms with van der Waals surface area (Å²) in [4.78, 5) is 25.1. The average Bonchev–Trinajstić information content (AvgIpc) is 2.19. The van der Waals surface area contributed by atoms with Crippen molar-refractivity contribution < 1.29 is 14.7 Å². The van der Waals surface area contributed by atoms with Gasteiger partial charge in [-0.15, -0.1) is 0 Å². The maximum Gasteiger partial charge on any atom is 0.323 e. The molecule has 0 aliphatic heterocycles. The summed E-state index contributed by atoms with van der Waals surface area (Å²) in [6, 6.07) is 2.69. The van der Waals surface area contributed by atoms with Gasteiger partial charge in [0.25, 0.3) is 0 Å². The van der Waals surface area contributed by atoms with E-state index < -0.39 is 18.5 Å². The van der Waals surface area contributed by atoms with Gasteiger partial charge in [0.1, 0.15) is 12.4 Å². The molecule has 1 rings (SSSR count). The Bertz CT molecular complexity index is 366. The molecule has 1 heterocycles. The van der Waals surface area contributed by atoms with Crippen LogP contribution in [0.1, 0.15) is 0 Å². The van der Waals surface area contributed by atoms with Crippen molar-refractivity contribution in [2.45, 2.75) is 0 Å². The number of aliphatic carboxylic acids is 1. The van der Waals surface area contributed by atoms with Crippen LogP contribution in [0, 0.1) is 0 Å².